The van der Waals surface area contributed by atoms with Gasteiger partial charge in [0.2, 0.25) is 10.0 Å². The Balaban J connectivity index is 2.87. The number of rotatable bonds is 5. The van der Waals surface area contributed by atoms with E-state index in [-0.39, 0.29) is 17.4 Å². The highest BCUT2D eigenvalue weighted by Crippen LogP contribution is 2.10. The summed E-state index contributed by atoms with van der Waals surface area (Å²) < 4.78 is 27.5. The van der Waals surface area contributed by atoms with Crippen LogP contribution in [0.2, 0.25) is 0 Å². The Kier molecular flexibility index (Phi) is 4.06. The number of nitrogens with one attached hydrogen (secondary N) is 1. The van der Waals surface area contributed by atoms with Gasteiger partial charge in [0.1, 0.15) is 4.90 Å². The molecule has 16 heavy (non-hydrogen) atoms. The first-order valence-corrected chi connectivity index (χ1v) is 6.47. The zero-order chi connectivity index (χ0) is 12.3. The van der Waals surface area contributed by atoms with Gasteiger partial charge in [0.05, 0.1) is 12.8 Å². The molecule has 1 rings (SSSR count). The summed E-state index contributed by atoms with van der Waals surface area (Å²) in [4.78, 5) is 0.106. The topological polar surface area (TPSA) is 84.2 Å². The highest BCUT2D eigenvalue weighted by molar-refractivity contribution is 7.89. The van der Waals surface area contributed by atoms with Crippen LogP contribution in [0.4, 0.5) is 0 Å². The van der Waals surface area contributed by atoms with Crippen molar-refractivity contribution in [1.82, 2.24) is 14.5 Å². The predicted molar refractivity (Wildman–Crippen MR) is 59.2 cm³/mol. The van der Waals surface area contributed by atoms with Crippen LogP contribution >= 0.6 is 0 Å². The van der Waals surface area contributed by atoms with Crippen molar-refractivity contribution in [1.29, 1.82) is 0 Å². The van der Waals surface area contributed by atoms with Gasteiger partial charge < -0.3 is 5.11 Å². The van der Waals surface area contributed by atoms with Crippen LogP contribution in [0.5, 0.6) is 0 Å². The average molecular weight is 247 g/mol. The molecule has 1 heterocycles. The van der Waals surface area contributed by atoms with E-state index in [2.05, 4.69) is 9.82 Å². The molecular formula is C9H17N3O3S. The molecule has 0 aromatic carbocycles. The van der Waals surface area contributed by atoms with E-state index < -0.39 is 16.1 Å². The van der Waals surface area contributed by atoms with Gasteiger partial charge in [0.15, 0.2) is 0 Å². The lowest BCUT2D eigenvalue weighted by molar-refractivity contribution is 0.227. The van der Waals surface area contributed by atoms with Gasteiger partial charge in [-0.25, -0.2) is 13.1 Å². The van der Waals surface area contributed by atoms with E-state index in [4.69, 9.17) is 5.11 Å². The standard InChI is InChI=1S/C9H17N3O3S/c1-7(2)9(6-13)11-16(14,15)8-4-10-12(3)5-8/h4-5,7,9,11,13H,6H2,1-3H3/t9-/m1/s1. The van der Waals surface area contributed by atoms with Gasteiger partial charge in [0, 0.05) is 19.3 Å². The Morgan fingerprint density at radius 3 is 2.56 bits per heavy atom. The maximum atomic E-state index is 11.8. The Hall–Kier alpha value is -0.920. The van der Waals surface area contributed by atoms with E-state index in [0.717, 1.165) is 0 Å². The van der Waals surface area contributed by atoms with Crippen molar-refractivity contribution in [2.45, 2.75) is 24.8 Å². The van der Waals surface area contributed by atoms with E-state index >= 15 is 0 Å². The summed E-state index contributed by atoms with van der Waals surface area (Å²) >= 11 is 0. The van der Waals surface area contributed by atoms with E-state index in [9.17, 15) is 8.42 Å². The van der Waals surface area contributed by atoms with Crippen LogP contribution in [0.15, 0.2) is 17.3 Å². The normalized spacial score (nSPS) is 14.3. The fraction of sp³-hybridized carbons (Fsp3) is 0.667. The number of aromatic nitrogens is 2. The summed E-state index contributed by atoms with van der Waals surface area (Å²) in [6.45, 7) is 3.45. The molecule has 6 nitrogen and oxygen atoms in total. The zero-order valence-electron chi connectivity index (χ0n) is 9.58. The van der Waals surface area contributed by atoms with Crippen molar-refractivity contribution in [2.75, 3.05) is 6.61 Å². The van der Waals surface area contributed by atoms with Gasteiger partial charge in [-0.2, -0.15) is 5.10 Å². The van der Waals surface area contributed by atoms with Crippen LogP contribution < -0.4 is 4.72 Å². The fourth-order valence-corrected chi connectivity index (χ4v) is 2.55. The molecule has 0 unspecified atom stereocenters. The number of aryl methyl sites for hydroxylation is 1. The monoisotopic (exact) mass is 247 g/mol. The van der Waals surface area contributed by atoms with Crippen molar-refractivity contribution in [3.63, 3.8) is 0 Å². The van der Waals surface area contributed by atoms with Crippen LogP contribution in [0.3, 0.4) is 0 Å². The van der Waals surface area contributed by atoms with Gasteiger partial charge in [-0.3, -0.25) is 4.68 Å². The third-order valence-electron chi connectivity index (χ3n) is 2.30. The van der Waals surface area contributed by atoms with Crippen LogP contribution in [-0.4, -0.2) is 36.0 Å². The summed E-state index contributed by atoms with van der Waals surface area (Å²) in [7, 11) is -1.95. The molecule has 0 radical (unpaired) electrons. The first-order chi connectivity index (χ1) is 7.36. The summed E-state index contributed by atoms with van der Waals surface area (Å²) in [6, 6.07) is -0.481. The Bertz CT molecular complexity index is 439. The van der Waals surface area contributed by atoms with E-state index in [1.165, 1.54) is 17.1 Å². The van der Waals surface area contributed by atoms with Crippen LogP contribution in [-0.2, 0) is 17.1 Å². The molecule has 0 fully saturated rings. The summed E-state index contributed by atoms with van der Waals surface area (Å²) in [5.41, 5.74) is 0. The predicted octanol–water partition coefficient (Wildman–Crippen LogP) is -0.285. The summed E-state index contributed by atoms with van der Waals surface area (Å²) in [6.07, 6.45) is 2.69. The van der Waals surface area contributed by atoms with Crippen molar-refractivity contribution in [2.24, 2.45) is 13.0 Å². The lowest BCUT2D eigenvalue weighted by Gasteiger charge is -2.19. The van der Waals surface area contributed by atoms with Crippen molar-refractivity contribution in [3.8, 4) is 0 Å². The molecule has 0 spiro atoms. The van der Waals surface area contributed by atoms with Gasteiger partial charge in [-0.15, -0.1) is 0 Å². The minimum absolute atomic E-state index is 0.0245. The average Bonchev–Trinajstić information content (AvgIpc) is 2.61. The van der Waals surface area contributed by atoms with Gasteiger partial charge in [-0.05, 0) is 5.92 Å². The molecule has 0 aliphatic heterocycles. The Morgan fingerprint density at radius 2 is 2.19 bits per heavy atom. The van der Waals surface area contributed by atoms with Crippen LogP contribution in [0.1, 0.15) is 13.8 Å². The number of hydrogen-bond donors (Lipinski definition) is 2. The number of nitrogens with zero attached hydrogens (tertiary/aromatic N) is 2. The third kappa shape index (κ3) is 3.03. The first kappa shape index (κ1) is 13.1. The third-order valence-corrected chi connectivity index (χ3v) is 3.74. The van der Waals surface area contributed by atoms with Crippen molar-refractivity contribution >= 4 is 10.0 Å². The molecule has 2 N–H and O–H groups in total. The molecule has 0 saturated carbocycles. The largest absolute Gasteiger partial charge is 0.395 e. The Morgan fingerprint density at radius 1 is 1.56 bits per heavy atom. The summed E-state index contributed by atoms with van der Waals surface area (Å²) in [5, 5.41) is 12.9. The smallest absolute Gasteiger partial charge is 0.244 e. The van der Waals surface area contributed by atoms with Crippen LogP contribution in [0.25, 0.3) is 0 Å². The second kappa shape index (κ2) is 4.94. The maximum Gasteiger partial charge on any atom is 0.244 e. The van der Waals surface area contributed by atoms with Crippen LogP contribution in [0, 0.1) is 5.92 Å². The van der Waals surface area contributed by atoms with Gasteiger partial charge >= 0.3 is 0 Å². The second-order valence-corrected chi connectivity index (χ2v) is 5.72. The van der Waals surface area contributed by atoms with E-state index in [1.54, 1.807) is 7.05 Å². The molecule has 0 saturated heterocycles. The van der Waals surface area contributed by atoms with Gasteiger partial charge in [0.25, 0.3) is 0 Å². The molecule has 1 atom stereocenters. The molecule has 92 valence electrons. The lowest BCUT2D eigenvalue weighted by Crippen LogP contribution is -2.40. The molecule has 0 amide bonds. The number of sulfonamides is 1. The van der Waals surface area contributed by atoms with Crippen molar-refractivity contribution < 1.29 is 13.5 Å². The number of aliphatic hydroxyl groups excluding tert-OH is 1. The molecule has 0 bridgehead atoms. The zero-order valence-corrected chi connectivity index (χ0v) is 10.4. The molecular weight excluding hydrogens is 230 g/mol. The second-order valence-electron chi connectivity index (χ2n) is 4.00. The summed E-state index contributed by atoms with van der Waals surface area (Å²) in [5.74, 6) is 0.0245. The minimum atomic E-state index is -3.59. The maximum absolute atomic E-state index is 11.8. The van der Waals surface area contributed by atoms with E-state index in [1.807, 2.05) is 13.8 Å². The Labute approximate surface area is 95.3 Å². The van der Waals surface area contributed by atoms with Gasteiger partial charge in [-0.1, -0.05) is 13.8 Å². The SMILES string of the molecule is CC(C)[C@@H](CO)NS(=O)(=O)c1cnn(C)c1. The highest BCUT2D eigenvalue weighted by Gasteiger charge is 2.22. The first-order valence-electron chi connectivity index (χ1n) is 4.98. The molecule has 7 heteroatoms. The fourth-order valence-electron chi connectivity index (χ4n) is 1.19. The molecule has 1 aromatic heterocycles. The molecule has 0 aliphatic rings. The quantitative estimate of drug-likeness (QED) is 0.749. The number of aliphatic hydroxyl groups is 1. The van der Waals surface area contributed by atoms with Crippen molar-refractivity contribution in [3.05, 3.63) is 12.4 Å². The molecule has 1 aromatic rings. The minimum Gasteiger partial charge on any atom is -0.395 e. The highest BCUT2D eigenvalue weighted by atomic mass is 32.2. The van der Waals surface area contributed by atoms with E-state index in [0.29, 0.717) is 0 Å². The number of hydrogen-bond acceptors (Lipinski definition) is 4. The molecule has 0 aliphatic carbocycles. The lowest BCUT2D eigenvalue weighted by atomic mass is 10.1.